The Hall–Kier alpha value is -0.870. The van der Waals surface area contributed by atoms with Crippen LogP contribution in [0.3, 0.4) is 0 Å². The molecule has 1 aromatic carbocycles. The van der Waals surface area contributed by atoms with Gasteiger partial charge in [-0.25, -0.2) is 0 Å². The highest BCUT2D eigenvalue weighted by atomic mass is 32.2. The molecule has 4 heteroatoms. The Balaban J connectivity index is 1.93. The highest BCUT2D eigenvalue weighted by molar-refractivity contribution is 7.97. The zero-order valence-electron chi connectivity index (χ0n) is 12.5. The van der Waals surface area contributed by atoms with Gasteiger partial charge in [-0.2, -0.15) is 0 Å². The van der Waals surface area contributed by atoms with E-state index in [2.05, 4.69) is 35.2 Å². The van der Waals surface area contributed by atoms with Crippen LogP contribution in [-0.4, -0.2) is 12.6 Å². The summed E-state index contributed by atoms with van der Waals surface area (Å²) in [6.07, 6.45) is 9.39. The fourth-order valence-electron chi connectivity index (χ4n) is 2.71. The summed E-state index contributed by atoms with van der Waals surface area (Å²) >= 11 is 1.64. The third kappa shape index (κ3) is 4.91. The standard InChI is InChI=1S/C16H27N3S/c1-2-18-20-14-10-11-16(15(17)12-14)19-13-8-6-4-3-5-7-9-13/h10-13,18-19H,2-9,17H2,1H3. The highest BCUT2D eigenvalue weighted by Gasteiger charge is 2.12. The van der Waals surface area contributed by atoms with Crippen LogP contribution >= 0.6 is 11.9 Å². The third-order valence-electron chi connectivity index (χ3n) is 3.82. The minimum absolute atomic E-state index is 0.588. The molecule has 20 heavy (non-hydrogen) atoms. The van der Waals surface area contributed by atoms with Crippen molar-refractivity contribution >= 4 is 23.3 Å². The first-order chi connectivity index (χ1) is 9.79. The molecular weight excluding hydrogens is 266 g/mol. The minimum Gasteiger partial charge on any atom is -0.397 e. The maximum atomic E-state index is 6.18. The van der Waals surface area contributed by atoms with E-state index in [9.17, 15) is 0 Å². The molecule has 0 atom stereocenters. The highest BCUT2D eigenvalue weighted by Crippen LogP contribution is 2.27. The van der Waals surface area contributed by atoms with Crippen molar-refractivity contribution in [1.82, 2.24) is 4.72 Å². The van der Waals surface area contributed by atoms with E-state index < -0.39 is 0 Å². The van der Waals surface area contributed by atoms with Crippen molar-refractivity contribution in [1.29, 1.82) is 0 Å². The largest absolute Gasteiger partial charge is 0.397 e. The number of nitrogen functional groups attached to an aromatic ring is 1. The van der Waals surface area contributed by atoms with Gasteiger partial charge in [0.25, 0.3) is 0 Å². The van der Waals surface area contributed by atoms with Crippen LogP contribution in [0.15, 0.2) is 23.1 Å². The summed E-state index contributed by atoms with van der Waals surface area (Å²) in [7, 11) is 0. The molecule has 0 aliphatic heterocycles. The molecule has 0 radical (unpaired) electrons. The van der Waals surface area contributed by atoms with Crippen molar-refractivity contribution in [2.45, 2.75) is 62.8 Å². The molecule has 0 bridgehead atoms. The molecule has 1 aromatic rings. The van der Waals surface area contributed by atoms with Gasteiger partial charge in [0.2, 0.25) is 0 Å². The van der Waals surface area contributed by atoms with Gasteiger partial charge >= 0.3 is 0 Å². The van der Waals surface area contributed by atoms with E-state index >= 15 is 0 Å². The predicted octanol–water partition coefficient (Wildman–Crippen LogP) is 4.41. The summed E-state index contributed by atoms with van der Waals surface area (Å²) in [4.78, 5) is 1.17. The van der Waals surface area contributed by atoms with Gasteiger partial charge in [-0.15, -0.1) is 0 Å². The van der Waals surface area contributed by atoms with Crippen LogP contribution in [0.4, 0.5) is 11.4 Å². The molecule has 1 aliphatic rings. The molecule has 112 valence electrons. The van der Waals surface area contributed by atoms with Crippen molar-refractivity contribution in [2.75, 3.05) is 17.6 Å². The molecule has 1 fully saturated rings. The SMILES string of the molecule is CCNSc1ccc(NC2CCCCCCC2)c(N)c1. The molecule has 0 spiro atoms. The predicted molar refractivity (Wildman–Crippen MR) is 90.1 cm³/mol. The smallest absolute Gasteiger partial charge is 0.0576 e. The number of hydrogen-bond acceptors (Lipinski definition) is 4. The van der Waals surface area contributed by atoms with E-state index in [-0.39, 0.29) is 0 Å². The number of anilines is 2. The average molecular weight is 293 g/mol. The van der Waals surface area contributed by atoms with Gasteiger partial charge in [-0.05, 0) is 43.0 Å². The summed E-state index contributed by atoms with van der Waals surface area (Å²) in [6, 6.07) is 6.89. The molecule has 2 rings (SSSR count). The van der Waals surface area contributed by atoms with E-state index in [1.165, 1.54) is 49.8 Å². The molecule has 4 N–H and O–H groups in total. The molecule has 3 nitrogen and oxygen atoms in total. The lowest BCUT2D eigenvalue weighted by Crippen LogP contribution is -2.21. The van der Waals surface area contributed by atoms with Crippen molar-refractivity contribution in [3.8, 4) is 0 Å². The van der Waals surface area contributed by atoms with Crippen molar-refractivity contribution in [3.63, 3.8) is 0 Å². The molecule has 0 unspecified atom stereocenters. The molecule has 0 saturated heterocycles. The molecular formula is C16H27N3S. The summed E-state index contributed by atoms with van der Waals surface area (Å²) in [6.45, 7) is 3.05. The van der Waals surface area contributed by atoms with Crippen molar-refractivity contribution < 1.29 is 0 Å². The first-order valence-electron chi connectivity index (χ1n) is 7.85. The Kier molecular flexibility index (Phi) is 6.54. The Morgan fingerprint density at radius 2 is 1.85 bits per heavy atom. The lowest BCUT2D eigenvalue weighted by atomic mass is 9.96. The summed E-state index contributed by atoms with van der Waals surface area (Å²) in [5.41, 5.74) is 8.13. The zero-order chi connectivity index (χ0) is 14.2. The lowest BCUT2D eigenvalue weighted by Gasteiger charge is -2.23. The third-order valence-corrected chi connectivity index (χ3v) is 4.74. The van der Waals surface area contributed by atoms with E-state index in [1.54, 1.807) is 11.9 Å². The van der Waals surface area contributed by atoms with Crippen LogP contribution in [0.2, 0.25) is 0 Å². The summed E-state index contributed by atoms with van der Waals surface area (Å²) in [5, 5.41) is 3.65. The summed E-state index contributed by atoms with van der Waals surface area (Å²) < 4.78 is 3.25. The lowest BCUT2D eigenvalue weighted by molar-refractivity contribution is 0.471. The average Bonchev–Trinajstić information content (AvgIpc) is 2.41. The van der Waals surface area contributed by atoms with E-state index in [0.717, 1.165) is 17.9 Å². The Morgan fingerprint density at radius 1 is 1.15 bits per heavy atom. The first kappa shape index (κ1) is 15.5. The number of rotatable bonds is 5. The molecule has 0 heterocycles. The van der Waals surface area contributed by atoms with E-state index in [0.29, 0.717) is 6.04 Å². The van der Waals surface area contributed by atoms with Gasteiger partial charge < -0.3 is 11.1 Å². The fraction of sp³-hybridized carbons (Fsp3) is 0.625. The van der Waals surface area contributed by atoms with Gasteiger partial charge in [0, 0.05) is 17.5 Å². The van der Waals surface area contributed by atoms with Crippen LogP contribution in [0.25, 0.3) is 0 Å². The van der Waals surface area contributed by atoms with Crippen molar-refractivity contribution in [2.24, 2.45) is 0 Å². The Labute approximate surface area is 127 Å². The van der Waals surface area contributed by atoms with Gasteiger partial charge in [0.05, 0.1) is 11.4 Å². The van der Waals surface area contributed by atoms with Gasteiger partial charge in [0.15, 0.2) is 0 Å². The maximum Gasteiger partial charge on any atom is 0.0576 e. The molecule has 0 amide bonds. The summed E-state index contributed by atoms with van der Waals surface area (Å²) in [5.74, 6) is 0. The second-order valence-corrected chi connectivity index (χ2v) is 6.50. The van der Waals surface area contributed by atoms with Crippen molar-refractivity contribution in [3.05, 3.63) is 18.2 Å². The quantitative estimate of drug-likeness (QED) is 0.556. The maximum absolute atomic E-state index is 6.18. The zero-order valence-corrected chi connectivity index (χ0v) is 13.3. The number of benzene rings is 1. The second kappa shape index (κ2) is 8.42. The van der Waals surface area contributed by atoms with Crippen LogP contribution < -0.4 is 15.8 Å². The van der Waals surface area contributed by atoms with Crippen LogP contribution in [0, 0.1) is 0 Å². The first-order valence-corrected chi connectivity index (χ1v) is 8.67. The Bertz CT molecular complexity index is 401. The van der Waals surface area contributed by atoms with Gasteiger partial charge in [0.1, 0.15) is 0 Å². The minimum atomic E-state index is 0.588. The molecule has 1 saturated carbocycles. The van der Waals surface area contributed by atoms with Crippen LogP contribution in [-0.2, 0) is 0 Å². The van der Waals surface area contributed by atoms with Gasteiger partial charge in [-0.3, -0.25) is 4.72 Å². The Morgan fingerprint density at radius 3 is 2.50 bits per heavy atom. The monoisotopic (exact) mass is 293 g/mol. The number of hydrogen-bond donors (Lipinski definition) is 3. The van der Waals surface area contributed by atoms with Crippen LogP contribution in [0.1, 0.15) is 51.9 Å². The number of nitrogens with two attached hydrogens (primary N) is 1. The fourth-order valence-corrected chi connectivity index (χ4v) is 3.34. The van der Waals surface area contributed by atoms with Gasteiger partial charge in [-0.1, -0.05) is 39.0 Å². The molecule has 0 aromatic heterocycles. The van der Waals surface area contributed by atoms with Crippen LogP contribution in [0.5, 0.6) is 0 Å². The second-order valence-electron chi connectivity index (χ2n) is 5.54. The topological polar surface area (TPSA) is 50.1 Å². The normalized spacial score (nSPS) is 17.4. The van der Waals surface area contributed by atoms with E-state index in [4.69, 9.17) is 5.73 Å². The number of nitrogens with one attached hydrogen (secondary N) is 2. The van der Waals surface area contributed by atoms with E-state index in [1.807, 2.05) is 0 Å². The molecule has 1 aliphatic carbocycles.